The van der Waals surface area contributed by atoms with E-state index in [2.05, 4.69) is 59.5 Å². The van der Waals surface area contributed by atoms with Gasteiger partial charge >= 0.3 is 0 Å². The fourth-order valence-corrected chi connectivity index (χ4v) is 4.48. The zero-order valence-corrected chi connectivity index (χ0v) is 20.9. The molecule has 3 aromatic rings. The molecule has 0 fully saturated rings. The molecule has 6 nitrogen and oxygen atoms in total. The van der Waals surface area contributed by atoms with Crippen LogP contribution < -0.4 is 14.2 Å². The zero-order valence-electron chi connectivity index (χ0n) is 20.1. The Kier molecular flexibility index (Phi) is 7.63. The van der Waals surface area contributed by atoms with E-state index >= 15 is 0 Å². The average Bonchev–Trinajstić information content (AvgIpc) is 3.38. The van der Waals surface area contributed by atoms with Gasteiger partial charge in [-0.05, 0) is 40.5 Å². The van der Waals surface area contributed by atoms with Gasteiger partial charge in [0.15, 0.2) is 11.5 Å². The molecule has 0 N–H and O–H groups in total. The number of halogens is 1. The first kappa shape index (κ1) is 24.6. The minimum atomic E-state index is 0. The van der Waals surface area contributed by atoms with Crippen LogP contribution in [-0.4, -0.2) is 45.2 Å². The van der Waals surface area contributed by atoms with E-state index in [4.69, 9.17) is 23.9 Å². The summed E-state index contributed by atoms with van der Waals surface area (Å²) in [5, 5.41) is 0. The number of rotatable bonds is 8. The number of benzene rings is 3. The first-order valence-corrected chi connectivity index (χ1v) is 11.3. The van der Waals surface area contributed by atoms with Gasteiger partial charge in [0.05, 0.1) is 46.8 Å². The van der Waals surface area contributed by atoms with Crippen molar-refractivity contribution in [2.45, 2.75) is 13.2 Å². The van der Waals surface area contributed by atoms with Gasteiger partial charge < -0.3 is 23.8 Å². The normalized spacial score (nSPS) is 13.7. The van der Waals surface area contributed by atoms with Crippen molar-refractivity contribution in [2.24, 2.45) is 4.99 Å². The van der Waals surface area contributed by atoms with E-state index in [1.807, 2.05) is 12.1 Å². The highest BCUT2D eigenvalue weighted by Crippen LogP contribution is 2.38. The standard InChI is InChI=1S/C28H28N2O4.ClH/c1-31-25-14-20(15-26(32-2)27(25)33-3)18-34-17-19-8-10-21(11-9-19)24-16-22-6-4-5-7-23(22)28-29-12-13-30(24)28;/h4-11,14-16H,12-13,17-18H2,1-3H3;1H. The van der Waals surface area contributed by atoms with Crippen molar-refractivity contribution in [3.8, 4) is 17.2 Å². The van der Waals surface area contributed by atoms with Gasteiger partial charge in [-0.3, -0.25) is 4.99 Å². The van der Waals surface area contributed by atoms with E-state index in [1.54, 1.807) is 21.3 Å². The maximum atomic E-state index is 5.98. The Morgan fingerprint density at radius 3 is 2.20 bits per heavy atom. The van der Waals surface area contributed by atoms with Crippen LogP contribution in [0.2, 0.25) is 0 Å². The largest absolute Gasteiger partial charge is 0.493 e. The number of ether oxygens (including phenoxy) is 4. The van der Waals surface area contributed by atoms with E-state index in [9.17, 15) is 0 Å². The average molecular weight is 493 g/mol. The smallest absolute Gasteiger partial charge is 0.203 e. The maximum absolute atomic E-state index is 5.98. The van der Waals surface area contributed by atoms with Crippen molar-refractivity contribution in [2.75, 3.05) is 34.4 Å². The highest BCUT2D eigenvalue weighted by atomic mass is 35.5. The lowest BCUT2D eigenvalue weighted by molar-refractivity contribution is 0.107. The fourth-order valence-electron chi connectivity index (χ4n) is 4.48. The van der Waals surface area contributed by atoms with E-state index < -0.39 is 0 Å². The first-order chi connectivity index (χ1) is 16.7. The van der Waals surface area contributed by atoms with Crippen molar-refractivity contribution in [1.82, 2.24) is 4.90 Å². The molecule has 0 atom stereocenters. The number of methoxy groups -OCH3 is 3. The lowest BCUT2D eigenvalue weighted by atomic mass is 9.97. The van der Waals surface area contributed by atoms with Crippen LogP contribution in [0, 0.1) is 0 Å². The molecule has 0 unspecified atom stereocenters. The summed E-state index contributed by atoms with van der Waals surface area (Å²) in [6.07, 6.45) is 2.26. The Balaban J connectivity index is 0.00000289. The quantitative estimate of drug-likeness (QED) is 0.420. The number of aliphatic imine (C=N–C) groups is 1. The summed E-state index contributed by atoms with van der Waals surface area (Å²) < 4.78 is 22.2. The number of hydrogen-bond acceptors (Lipinski definition) is 6. The molecule has 0 aliphatic carbocycles. The molecule has 0 amide bonds. The van der Waals surface area contributed by atoms with Crippen LogP contribution in [0.3, 0.4) is 0 Å². The number of amidine groups is 1. The highest BCUT2D eigenvalue weighted by Gasteiger charge is 2.28. The first-order valence-electron chi connectivity index (χ1n) is 11.3. The van der Waals surface area contributed by atoms with Crippen LogP contribution in [-0.2, 0) is 18.0 Å². The third-order valence-electron chi connectivity index (χ3n) is 6.14. The van der Waals surface area contributed by atoms with Crippen molar-refractivity contribution in [3.63, 3.8) is 0 Å². The molecule has 0 aromatic heterocycles. The molecule has 0 bridgehead atoms. The molecule has 2 aliphatic heterocycles. The number of fused-ring (bicyclic) bond motifs is 3. The number of nitrogens with zero attached hydrogens (tertiary/aromatic N) is 2. The Morgan fingerprint density at radius 1 is 0.829 bits per heavy atom. The third-order valence-corrected chi connectivity index (χ3v) is 6.14. The molecular weight excluding hydrogens is 464 g/mol. The molecule has 0 saturated carbocycles. The fraction of sp³-hybridized carbons (Fsp3) is 0.250. The summed E-state index contributed by atoms with van der Waals surface area (Å²) >= 11 is 0. The molecule has 182 valence electrons. The molecule has 5 rings (SSSR count). The van der Waals surface area contributed by atoms with Gasteiger partial charge in [0.25, 0.3) is 0 Å². The predicted molar refractivity (Wildman–Crippen MR) is 141 cm³/mol. The van der Waals surface area contributed by atoms with E-state index in [1.165, 1.54) is 22.4 Å². The van der Waals surface area contributed by atoms with Crippen molar-refractivity contribution in [3.05, 3.63) is 88.5 Å². The van der Waals surface area contributed by atoms with Gasteiger partial charge in [-0.15, -0.1) is 12.4 Å². The Hall–Kier alpha value is -3.48. The lowest BCUT2D eigenvalue weighted by Gasteiger charge is -2.29. The van der Waals surface area contributed by atoms with Crippen LogP contribution in [0.5, 0.6) is 17.2 Å². The van der Waals surface area contributed by atoms with Crippen molar-refractivity contribution in [1.29, 1.82) is 0 Å². The van der Waals surface area contributed by atoms with Gasteiger partial charge in [0, 0.05) is 12.1 Å². The summed E-state index contributed by atoms with van der Waals surface area (Å²) in [6, 6.07) is 20.8. The van der Waals surface area contributed by atoms with E-state index in [-0.39, 0.29) is 12.4 Å². The van der Waals surface area contributed by atoms with Gasteiger partial charge in [-0.25, -0.2) is 0 Å². The lowest BCUT2D eigenvalue weighted by Crippen LogP contribution is -2.30. The molecule has 2 aliphatic rings. The third kappa shape index (κ3) is 4.85. The van der Waals surface area contributed by atoms with Crippen LogP contribution in [0.4, 0.5) is 0 Å². The van der Waals surface area contributed by atoms with Gasteiger partial charge in [-0.2, -0.15) is 0 Å². The minimum Gasteiger partial charge on any atom is -0.493 e. The van der Waals surface area contributed by atoms with Crippen molar-refractivity contribution < 1.29 is 18.9 Å². The van der Waals surface area contributed by atoms with Gasteiger partial charge in [0.1, 0.15) is 5.84 Å². The maximum Gasteiger partial charge on any atom is 0.203 e. The second-order valence-corrected chi connectivity index (χ2v) is 8.20. The van der Waals surface area contributed by atoms with E-state index in [0.29, 0.717) is 30.5 Å². The topological polar surface area (TPSA) is 52.5 Å². The molecular formula is C28H29ClN2O4. The van der Waals surface area contributed by atoms with Crippen LogP contribution in [0.25, 0.3) is 11.8 Å². The Morgan fingerprint density at radius 2 is 1.51 bits per heavy atom. The summed E-state index contributed by atoms with van der Waals surface area (Å²) in [5.74, 6) is 2.90. The zero-order chi connectivity index (χ0) is 23.5. The molecule has 0 radical (unpaired) electrons. The Labute approximate surface area is 212 Å². The molecule has 3 aromatic carbocycles. The second-order valence-electron chi connectivity index (χ2n) is 8.20. The van der Waals surface area contributed by atoms with Crippen LogP contribution >= 0.6 is 12.4 Å². The summed E-state index contributed by atoms with van der Waals surface area (Å²) in [4.78, 5) is 7.07. The summed E-state index contributed by atoms with van der Waals surface area (Å²) in [7, 11) is 4.82. The monoisotopic (exact) mass is 492 g/mol. The predicted octanol–water partition coefficient (Wildman–Crippen LogP) is 5.42. The van der Waals surface area contributed by atoms with Crippen LogP contribution in [0.1, 0.15) is 27.8 Å². The molecule has 2 heterocycles. The van der Waals surface area contributed by atoms with Gasteiger partial charge in [-0.1, -0.05) is 48.5 Å². The molecule has 0 saturated heterocycles. The molecule has 0 spiro atoms. The van der Waals surface area contributed by atoms with Crippen LogP contribution in [0.15, 0.2) is 65.7 Å². The molecule has 7 heteroatoms. The minimum absolute atomic E-state index is 0. The highest BCUT2D eigenvalue weighted by molar-refractivity contribution is 6.12. The summed E-state index contributed by atoms with van der Waals surface area (Å²) in [6.45, 7) is 2.69. The van der Waals surface area contributed by atoms with Crippen molar-refractivity contribution >= 4 is 30.0 Å². The molecule has 35 heavy (non-hydrogen) atoms. The SMILES string of the molecule is COc1cc(COCc2ccc(C3=Cc4ccccc4C4=NCCN34)cc2)cc(OC)c1OC.Cl. The Bertz CT molecular complexity index is 1230. The second kappa shape index (κ2) is 10.8. The summed E-state index contributed by atoms with van der Waals surface area (Å²) in [5.41, 5.74) is 6.87. The number of hydrogen-bond donors (Lipinski definition) is 0. The van der Waals surface area contributed by atoms with Gasteiger partial charge in [0.2, 0.25) is 5.75 Å². The van der Waals surface area contributed by atoms with E-state index in [0.717, 1.165) is 30.1 Å².